The van der Waals surface area contributed by atoms with Crippen LogP contribution in [-0.4, -0.2) is 24.3 Å². The van der Waals surface area contributed by atoms with Crippen molar-refractivity contribution in [2.24, 2.45) is 0 Å². The number of nitrogens with one attached hydrogen (secondary N) is 1. The van der Waals surface area contributed by atoms with Gasteiger partial charge in [0.05, 0.1) is 13.2 Å². The highest BCUT2D eigenvalue weighted by Crippen LogP contribution is 2.21. The van der Waals surface area contributed by atoms with Crippen molar-refractivity contribution in [1.29, 1.82) is 0 Å². The third kappa shape index (κ3) is 4.78. The maximum absolute atomic E-state index is 13.7. The molecule has 4 heteroatoms. The van der Waals surface area contributed by atoms with Crippen LogP contribution in [0.25, 0.3) is 0 Å². The average Bonchev–Trinajstić information content (AvgIpc) is 2.56. The van der Waals surface area contributed by atoms with Gasteiger partial charge in [-0.1, -0.05) is 30.3 Å². The lowest BCUT2D eigenvalue weighted by Crippen LogP contribution is -2.39. The van der Waals surface area contributed by atoms with Crippen LogP contribution < -0.4 is 10.1 Å². The smallest absolute Gasteiger partial charge is 0.126 e. The second kappa shape index (κ2) is 8.09. The normalized spacial score (nSPS) is 15.0. The second-order valence-electron chi connectivity index (χ2n) is 5.87. The van der Waals surface area contributed by atoms with Gasteiger partial charge >= 0.3 is 0 Å². The number of hydrogen-bond acceptors (Lipinski definition) is 3. The van der Waals surface area contributed by atoms with Gasteiger partial charge in [-0.3, -0.25) is 0 Å². The fourth-order valence-electron chi connectivity index (χ4n) is 2.68. The Morgan fingerprint density at radius 3 is 2.35 bits per heavy atom. The minimum absolute atomic E-state index is 0.0507. The van der Waals surface area contributed by atoms with E-state index >= 15 is 0 Å². The van der Waals surface area contributed by atoms with Crippen LogP contribution in [-0.2, 0) is 6.42 Å². The van der Waals surface area contributed by atoms with E-state index in [0.717, 1.165) is 11.3 Å². The van der Waals surface area contributed by atoms with Crippen LogP contribution >= 0.6 is 0 Å². The summed E-state index contributed by atoms with van der Waals surface area (Å²) in [6.07, 6.45) is -0.0595. The standard InChI is InChI=1S/C19H24FNO2/c1-13(12-16-6-4-5-7-18(16)20)21-14(2)19(22)15-8-10-17(23-3)11-9-15/h4-11,13-14,19,21-22H,12H2,1-3H3/t13-,14+,19+/m0/s1. The Bertz CT molecular complexity index is 615. The molecule has 23 heavy (non-hydrogen) atoms. The molecule has 0 saturated carbocycles. The van der Waals surface area contributed by atoms with Gasteiger partial charge in [-0.15, -0.1) is 0 Å². The summed E-state index contributed by atoms with van der Waals surface area (Å²) >= 11 is 0. The summed E-state index contributed by atoms with van der Waals surface area (Å²) in [4.78, 5) is 0. The van der Waals surface area contributed by atoms with Crippen molar-refractivity contribution < 1.29 is 14.2 Å². The molecule has 2 N–H and O–H groups in total. The number of methoxy groups -OCH3 is 1. The van der Waals surface area contributed by atoms with Gasteiger partial charge in [0.25, 0.3) is 0 Å². The molecule has 0 unspecified atom stereocenters. The van der Waals surface area contributed by atoms with Crippen molar-refractivity contribution in [1.82, 2.24) is 5.32 Å². The third-order valence-electron chi connectivity index (χ3n) is 3.96. The van der Waals surface area contributed by atoms with Crippen LogP contribution in [0.15, 0.2) is 48.5 Å². The molecule has 0 saturated heterocycles. The summed E-state index contributed by atoms with van der Waals surface area (Å²) in [6.45, 7) is 3.91. The molecule has 0 bridgehead atoms. The molecule has 0 spiro atoms. The molecule has 0 aromatic heterocycles. The fourth-order valence-corrected chi connectivity index (χ4v) is 2.68. The molecule has 2 aromatic carbocycles. The van der Waals surface area contributed by atoms with Gasteiger partial charge in [0, 0.05) is 12.1 Å². The van der Waals surface area contributed by atoms with Crippen LogP contribution in [0.4, 0.5) is 4.39 Å². The quantitative estimate of drug-likeness (QED) is 0.821. The largest absolute Gasteiger partial charge is 0.497 e. The minimum atomic E-state index is -0.635. The first-order valence-electron chi connectivity index (χ1n) is 7.82. The molecular formula is C19H24FNO2. The highest BCUT2D eigenvalue weighted by atomic mass is 19.1. The monoisotopic (exact) mass is 317 g/mol. The number of aliphatic hydroxyl groups is 1. The molecule has 3 nitrogen and oxygen atoms in total. The van der Waals surface area contributed by atoms with E-state index in [2.05, 4.69) is 5.32 Å². The molecule has 2 aromatic rings. The predicted molar refractivity (Wildman–Crippen MR) is 90.1 cm³/mol. The lowest BCUT2D eigenvalue weighted by molar-refractivity contribution is 0.130. The lowest BCUT2D eigenvalue weighted by Gasteiger charge is -2.25. The van der Waals surface area contributed by atoms with E-state index in [1.54, 1.807) is 19.2 Å². The minimum Gasteiger partial charge on any atom is -0.497 e. The maximum atomic E-state index is 13.7. The van der Waals surface area contributed by atoms with Gasteiger partial charge in [-0.2, -0.15) is 0 Å². The van der Waals surface area contributed by atoms with Crippen LogP contribution in [0, 0.1) is 5.82 Å². The fraction of sp³-hybridized carbons (Fsp3) is 0.368. The van der Waals surface area contributed by atoms with Gasteiger partial charge in [0.2, 0.25) is 0 Å². The zero-order valence-electron chi connectivity index (χ0n) is 13.8. The molecule has 0 aliphatic rings. The third-order valence-corrected chi connectivity index (χ3v) is 3.96. The van der Waals surface area contributed by atoms with E-state index in [0.29, 0.717) is 12.0 Å². The molecule has 0 amide bonds. The van der Waals surface area contributed by atoms with Crippen molar-refractivity contribution in [3.05, 3.63) is 65.5 Å². The molecular weight excluding hydrogens is 293 g/mol. The van der Waals surface area contributed by atoms with Gasteiger partial charge in [0.1, 0.15) is 11.6 Å². The molecule has 3 atom stereocenters. The van der Waals surface area contributed by atoms with E-state index in [4.69, 9.17) is 4.74 Å². The number of aliphatic hydroxyl groups excluding tert-OH is 1. The Morgan fingerprint density at radius 1 is 1.09 bits per heavy atom. The highest BCUT2D eigenvalue weighted by molar-refractivity contribution is 5.29. The molecule has 2 rings (SSSR count). The molecule has 0 aliphatic heterocycles. The number of halogens is 1. The zero-order valence-corrected chi connectivity index (χ0v) is 13.8. The van der Waals surface area contributed by atoms with E-state index in [9.17, 15) is 9.50 Å². The van der Waals surface area contributed by atoms with Crippen molar-refractivity contribution >= 4 is 0 Å². The summed E-state index contributed by atoms with van der Waals surface area (Å²) in [5, 5.41) is 13.8. The highest BCUT2D eigenvalue weighted by Gasteiger charge is 2.19. The van der Waals surface area contributed by atoms with E-state index < -0.39 is 6.10 Å². The lowest BCUT2D eigenvalue weighted by atomic mass is 10.0. The Kier molecular flexibility index (Phi) is 6.13. The number of ether oxygens (including phenoxy) is 1. The van der Waals surface area contributed by atoms with Gasteiger partial charge < -0.3 is 15.2 Å². The summed E-state index contributed by atoms with van der Waals surface area (Å²) in [7, 11) is 1.61. The summed E-state index contributed by atoms with van der Waals surface area (Å²) in [6, 6.07) is 14.0. The van der Waals surface area contributed by atoms with Crippen LogP contribution in [0.3, 0.4) is 0 Å². The summed E-state index contributed by atoms with van der Waals surface area (Å²) in [5.41, 5.74) is 1.50. The van der Waals surface area contributed by atoms with Gasteiger partial charge in [-0.05, 0) is 49.6 Å². The topological polar surface area (TPSA) is 41.5 Å². The van der Waals surface area contributed by atoms with Gasteiger partial charge in [-0.25, -0.2) is 4.39 Å². The maximum Gasteiger partial charge on any atom is 0.126 e. The van der Waals surface area contributed by atoms with Crippen LogP contribution in [0.1, 0.15) is 31.1 Å². The first kappa shape index (κ1) is 17.4. The molecule has 0 fully saturated rings. The Morgan fingerprint density at radius 2 is 1.74 bits per heavy atom. The number of benzene rings is 2. The summed E-state index contributed by atoms with van der Waals surface area (Å²) in [5.74, 6) is 0.569. The Balaban J connectivity index is 1.94. The van der Waals surface area contributed by atoms with Gasteiger partial charge in [0.15, 0.2) is 0 Å². The number of rotatable bonds is 7. The average molecular weight is 317 g/mol. The molecule has 0 heterocycles. The first-order chi connectivity index (χ1) is 11.0. The predicted octanol–water partition coefficient (Wildman–Crippen LogP) is 3.48. The summed E-state index contributed by atoms with van der Waals surface area (Å²) < 4.78 is 18.8. The SMILES string of the molecule is COc1ccc([C@H](O)[C@@H](C)N[C@@H](C)Cc2ccccc2F)cc1. The van der Waals surface area contributed by atoms with Crippen LogP contribution in [0.2, 0.25) is 0 Å². The van der Waals surface area contributed by atoms with Crippen molar-refractivity contribution in [3.63, 3.8) is 0 Å². The van der Waals surface area contributed by atoms with Crippen molar-refractivity contribution in [2.75, 3.05) is 7.11 Å². The first-order valence-corrected chi connectivity index (χ1v) is 7.82. The second-order valence-corrected chi connectivity index (χ2v) is 5.87. The molecule has 0 aliphatic carbocycles. The Labute approximate surface area is 137 Å². The van der Waals surface area contributed by atoms with E-state index in [1.807, 2.05) is 44.2 Å². The zero-order chi connectivity index (χ0) is 16.8. The Hall–Kier alpha value is -1.91. The van der Waals surface area contributed by atoms with Crippen molar-refractivity contribution in [2.45, 2.75) is 38.5 Å². The van der Waals surface area contributed by atoms with Crippen LogP contribution in [0.5, 0.6) is 5.75 Å². The van der Waals surface area contributed by atoms with E-state index in [-0.39, 0.29) is 17.9 Å². The molecule has 0 radical (unpaired) electrons. The van der Waals surface area contributed by atoms with Crippen molar-refractivity contribution in [3.8, 4) is 5.75 Å². The molecule has 124 valence electrons. The van der Waals surface area contributed by atoms with E-state index in [1.165, 1.54) is 6.07 Å². The number of hydrogen-bond donors (Lipinski definition) is 2.